The molecule has 2 heterocycles. The number of aryl methyl sites for hydroxylation is 3. The molecule has 0 spiro atoms. The van der Waals surface area contributed by atoms with E-state index < -0.39 is 20.0 Å². The van der Waals surface area contributed by atoms with Crippen LogP contribution in [0.15, 0.2) is 40.1 Å². The molecule has 11 heteroatoms. The van der Waals surface area contributed by atoms with Crippen LogP contribution < -0.4 is 4.90 Å². The van der Waals surface area contributed by atoms with Crippen LogP contribution in [0, 0.1) is 13.8 Å². The molecule has 3 rings (SSSR count). The summed E-state index contributed by atoms with van der Waals surface area (Å²) in [4.78, 5) is 7.03. The van der Waals surface area contributed by atoms with Crippen LogP contribution in [0.4, 0.5) is 5.69 Å². The molecule has 1 aromatic carbocycles. The van der Waals surface area contributed by atoms with Crippen molar-refractivity contribution in [1.29, 1.82) is 0 Å². The maximum atomic E-state index is 13.2. The summed E-state index contributed by atoms with van der Waals surface area (Å²) in [6.45, 7) is 5.73. The standard InChI is InChI=1S/C18H22N4O2S.CH4O3S/c1-6-15-17(25(23,24)14-10-8-7-9-11-14)18-19-12(2)16(21(4)5)13(3)22(18)20-15;1-5(2,3)4/h7-11H,6H2,1-5H3;1H3,(H,2,3,4). The first-order valence-corrected chi connectivity index (χ1v) is 12.4. The maximum Gasteiger partial charge on any atom is 0.261 e. The highest BCUT2D eigenvalue weighted by Gasteiger charge is 2.29. The lowest BCUT2D eigenvalue weighted by Gasteiger charge is -2.18. The van der Waals surface area contributed by atoms with Gasteiger partial charge < -0.3 is 4.90 Å². The molecule has 9 nitrogen and oxygen atoms in total. The highest BCUT2D eigenvalue weighted by molar-refractivity contribution is 7.91. The topological polar surface area (TPSA) is 122 Å². The molecule has 1 N–H and O–H groups in total. The van der Waals surface area contributed by atoms with Crippen molar-refractivity contribution in [3.63, 3.8) is 0 Å². The van der Waals surface area contributed by atoms with E-state index in [1.165, 1.54) is 0 Å². The first-order chi connectivity index (χ1) is 13.8. The van der Waals surface area contributed by atoms with Gasteiger partial charge in [-0.1, -0.05) is 25.1 Å². The van der Waals surface area contributed by atoms with Gasteiger partial charge in [-0.3, -0.25) is 4.55 Å². The van der Waals surface area contributed by atoms with Crippen molar-refractivity contribution in [2.45, 2.75) is 37.0 Å². The predicted octanol–water partition coefficient (Wildman–Crippen LogP) is 2.31. The summed E-state index contributed by atoms with van der Waals surface area (Å²) in [6.07, 6.45) is 1.23. The summed E-state index contributed by atoms with van der Waals surface area (Å²) < 4.78 is 54.0. The third-order valence-corrected chi connectivity index (χ3v) is 6.12. The van der Waals surface area contributed by atoms with Gasteiger partial charge in [-0.2, -0.15) is 13.5 Å². The van der Waals surface area contributed by atoms with Crippen molar-refractivity contribution in [2.75, 3.05) is 25.3 Å². The summed E-state index contributed by atoms with van der Waals surface area (Å²) in [5, 5.41) is 4.55. The number of aromatic nitrogens is 3. The van der Waals surface area contributed by atoms with Gasteiger partial charge in [-0.15, -0.1) is 0 Å². The molecule has 0 amide bonds. The quantitative estimate of drug-likeness (QED) is 0.596. The molecule has 0 aliphatic rings. The highest BCUT2D eigenvalue weighted by Crippen LogP contribution is 2.31. The van der Waals surface area contributed by atoms with Gasteiger partial charge >= 0.3 is 0 Å². The molecular weight excluding hydrogens is 428 g/mol. The summed E-state index contributed by atoms with van der Waals surface area (Å²) in [7, 11) is -3.48. The second-order valence-corrected chi connectivity index (χ2v) is 10.3. The lowest BCUT2D eigenvalue weighted by molar-refractivity contribution is 0.490. The predicted molar refractivity (Wildman–Crippen MR) is 116 cm³/mol. The molecule has 0 aliphatic heterocycles. The van der Waals surface area contributed by atoms with Crippen LogP contribution in [-0.2, 0) is 26.4 Å². The van der Waals surface area contributed by atoms with Gasteiger partial charge in [-0.05, 0) is 32.4 Å². The number of hydrogen-bond donors (Lipinski definition) is 1. The molecule has 0 saturated heterocycles. The second kappa shape index (κ2) is 8.70. The lowest BCUT2D eigenvalue weighted by atomic mass is 10.2. The number of sulfone groups is 1. The molecular formula is C19H26N4O5S2. The summed E-state index contributed by atoms with van der Waals surface area (Å²) in [5.74, 6) is 0. The Morgan fingerprint density at radius 1 is 1.07 bits per heavy atom. The number of hydrogen-bond acceptors (Lipinski definition) is 7. The van der Waals surface area contributed by atoms with Gasteiger partial charge in [0.2, 0.25) is 9.84 Å². The molecule has 0 aliphatic carbocycles. The second-order valence-electron chi connectivity index (χ2n) is 6.94. The Labute approximate surface area is 177 Å². The fourth-order valence-electron chi connectivity index (χ4n) is 3.22. The smallest absolute Gasteiger partial charge is 0.261 e. The van der Waals surface area contributed by atoms with Crippen molar-refractivity contribution in [2.24, 2.45) is 0 Å². The van der Waals surface area contributed by atoms with E-state index in [4.69, 9.17) is 4.55 Å². The van der Waals surface area contributed by atoms with Crippen LogP contribution in [0.2, 0.25) is 0 Å². The SMILES string of the molecule is CCc1nn2c(C)c(N(C)C)c(C)nc2c1S(=O)(=O)c1ccccc1.CS(=O)(=O)O. The van der Waals surface area contributed by atoms with Crippen LogP contribution >= 0.6 is 0 Å². The zero-order valence-corrected chi connectivity index (χ0v) is 19.4. The van der Waals surface area contributed by atoms with Crippen molar-refractivity contribution >= 4 is 31.3 Å². The summed E-state index contributed by atoms with van der Waals surface area (Å²) in [5.41, 5.74) is 3.52. The molecule has 0 fully saturated rings. The largest absolute Gasteiger partial charge is 0.375 e. The molecule has 30 heavy (non-hydrogen) atoms. The van der Waals surface area contributed by atoms with E-state index in [-0.39, 0.29) is 9.79 Å². The van der Waals surface area contributed by atoms with Crippen molar-refractivity contribution < 1.29 is 21.4 Å². The van der Waals surface area contributed by atoms with Crippen LogP contribution in [0.5, 0.6) is 0 Å². The number of nitrogens with zero attached hydrogens (tertiary/aromatic N) is 4. The van der Waals surface area contributed by atoms with E-state index in [0.717, 1.165) is 17.1 Å². The van der Waals surface area contributed by atoms with E-state index >= 15 is 0 Å². The average molecular weight is 455 g/mol. The van der Waals surface area contributed by atoms with Gasteiger partial charge in [0.25, 0.3) is 10.1 Å². The molecule has 164 valence electrons. The van der Waals surface area contributed by atoms with E-state index in [9.17, 15) is 16.8 Å². The van der Waals surface area contributed by atoms with E-state index in [0.29, 0.717) is 24.0 Å². The number of anilines is 1. The maximum absolute atomic E-state index is 13.2. The van der Waals surface area contributed by atoms with Crippen LogP contribution in [0.1, 0.15) is 24.0 Å². The molecule has 3 aromatic rings. The molecule has 0 saturated carbocycles. The van der Waals surface area contributed by atoms with Crippen LogP contribution in [0.3, 0.4) is 0 Å². The average Bonchev–Trinajstić information content (AvgIpc) is 3.00. The number of fused-ring (bicyclic) bond motifs is 1. The third kappa shape index (κ3) is 4.97. The summed E-state index contributed by atoms with van der Waals surface area (Å²) >= 11 is 0. The van der Waals surface area contributed by atoms with Crippen molar-refractivity contribution in [1.82, 2.24) is 14.6 Å². The Balaban J connectivity index is 0.000000575. The zero-order valence-electron chi connectivity index (χ0n) is 17.8. The van der Waals surface area contributed by atoms with Crippen LogP contribution in [-0.4, -0.2) is 56.3 Å². The van der Waals surface area contributed by atoms with E-state index in [1.54, 1.807) is 34.8 Å². The third-order valence-electron chi connectivity index (χ3n) is 4.27. The Morgan fingerprint density at radius 3 is 2.07 bits per heavy atom. The van der Waals surface area contributed by atoms with Crippen LogP contribution in [0.25, 0.3) is 5.65 Å². The Bertz CT molecular complexity index is 1260. The Kier molecular flexibility index (Phi) is 6.90. The normalized spacial score (nSPS) is 11.8. The van der Waals surface area contributed by atoms with Crippen molar-refractivity contribution in [3.8, 4) is 0 Å². The van der Waals surface area contributed by atoms with Crippen molar-refractivity contribution in [3.05, 3.63) is 47.4 Å². The summed E-state index contributed by atoms with van der Waals surface area (Å²) in [6, 6.07) is 8.45. The first-order valence-electron chi connectivity index (χ1n) is 9.07. The van der Waals surface area contributed by atoms with Gasteiger partial charge in [0.05, 0.1) is 33.9 Å². The molecule has 0 atom stereocenters. The molecule has 0 radical (unpaired) electrons. The fourth-order valence-corrected chi connectivity index (χ4v) is 4.83. The van der Waals surface area contributed by atoms with Gasteiger partial charge in [0.15, 0.2) is 5.65 Å². The molecule has 0 bridgehead atoms. The minimum atomic E-state index is -3.69. The fraction of sp³-hybridized carbons (Fsp3) is 0.368. The lowest BCUT2D eigenvalue weighted by Crippen LogP contribution is -2.16. The Hall–Kier alpha value is -2.50. The first kappa shape index (κ1) is 23.8. The monoisotopic (exact) mass is 454 g/mol. The van der Waals surface area contributed by atoms with Gasteiger partial charge in [-0.25, -0.2) is 17.9 Å². The molecule has 0 unspecified atom stereocenters. The zero-order chi connectivity index (χ0) is 22.9. The van der Waals surface area contributed by atoms with E-state index in [1.807, 2.05) is 39.8 Å². The minimum absolute atomic E-state index is 0.206. The molecule has 2 aromatic heterocycles. The number of benzene rings is 1. The van der Waals surface area contributed by atoms with Gasteiger partial charge in [0, 0.05) is 14.1 Å². The Morgan fingerprint density at radius 2 is 1.60 bits per heavy atom. The van der Waals surface area contributed by atoms with E-state index in [2.05, 4.69) is 10.1 Å². The number of rotatable bonds is 4. The minimum Gasteiger partial charge on any atom is -0.375 e. The van der Waals surface area contributed by atoms with Gasteiger partial charge in [0.1, 0.15) is 4.90 Å². The highest BCUT2D eigenvalue weighted by atomic mass is 32.2.